The summed E-state index contributed by atoms with van der Waals surface area (Å²) in [6, 6.07) is 5.92. The maximum absolute atomic E-state index is 5.54. The monoisotopic (exact) mass is 337 g/mol. The second-order valence-corrected chi connectivity index (χ2v) is 5.74. The van der Waals surface area contributed by atoms with E-state index in [0.717, 1.165) is 54.3 Å². The van der Waals surface area contributed by atoms with Gasteiger partial charge in [0.2, 0.25) is 5.88 Å². The highest BCUT2D eigenvalue weighted by Crippen LogP contribution is 2.29. The van der Waals surface area contributed by atoms with Crippen LogP contribution in [0.4, 0.5) is 5.82 Å². The van der Waals surface area contributed by atoms with Crippen molar-refractivity contribution in [2.24, 2.45) is 0 Å². The number of fused-ring (bicyclic) bond motifs is 1. The largest absolute Gasteiger partial charge is 0.473 e. The zero-order valence-corrected chi connectivity index (χ0v) is 13.8. The van der Waals surface area contributed by atoms with Crippen molar-refractivity contribution in [3.8, 4) is 17.1 Å². The first-order valence-corrected chi connectivity index (χ1v) is 8.22. The average molecular weight is 337 g/mol. The van der Waals surface area contributed by atoms with Crippen LogP contribution in [0.5, 0.6) is 5.88 Å². The third-order valence-corrected chi connectivity index (χ3v) is 4.13. The van der Waals surface area contributed by atoms with Crippen LogP contribution in [0.15, 0.2) is 43.2 Å². The molecule has 0 aromatic carbocycles. The van der Waals surface area contributed by atoms with Crippen LogP contribution in [0, 0.1) is 0 Å². The summed E-state index contributed by atoms with van der Waals surface area (Å²) < 4.78 is 10.9. The van der Waals surface area contributed by atoms with Gasteiger partial charge < -0.3 is 14.4 Å². The van der Waals surface area contributed by atoms with Gasteiger partial charge in [-0.05, 0) is 12.1 Å². The van der Waals surface area contributed by atoms with Gasteiger partial charge in [-0.3, -0.25) is 5.10 Å². The Bertz CT molecular complexity index is 886. The molecule has 0 radical (unpaired) electrons. The van der Waals surface area contributed by atoms with E-state index in [2.05, 4.69) is 37.7 Å². The molecule has 25 heavy (non-hydrogen) atoms. The molecule has 0 unspecified atom stereocenters. The minimum Gasteiger partial charge on any atom is -0.473 e. The first kappa shape index (κ1) is 15.6. The molecule has 7 nitrogen and oxygen atoms in total. The maximum Gasteiger partial charge on any atom is 0.214 e. The van der Waals surface area contributed by atoms with Crippen LogP contribution in [0.1, 0.15) is 0 Å². The van der Waals surface area contributed by atoms with E-state index < -0.39 is 0 Å². The van der Waals surface area contributed by atoms with E-state index >= 15 is 0 Å². The highest BCUT2D eigenvalue weighted by molar-refractivity contribution is 5.93. The first-order valence-electron chi connectivity index (χ1n) is 8.22. The summed E-state index contributed by atoms with van der Waals surface area (Å²) in [7, 11) is 0. The van der Waals surface area contributed by atoms with Gasteiger partial charge >= 0.3 is 0 Å². The zero-order chi connectivity index (χ0) is 17.1. The number of ether oxygens (including phenoxy) is 2. The molecule has 0 bridgehead atoms. The van der Waals surface area contributed by atoms with Crippen molar-refractivity contribution in [3.05, 3.63) is 43.2 Å². The van der Waals surface area contributed by atoms with Crippen molar-refractivity contribution in [2.75, 3.05) is 37.8 Å². The minimum absolute atomic E-state index is 0.419. The Kier molecular flexibility index (Phi) is 4.30. The van der Waals surface area contributed by atoms with Gasteiger partial charge in [0.1, 0.15) is 18.1 Å². The highest BCUT2D eigenvalue weighted by atomic mass is 16.5. The van der Waals surface area contributed by atoms with Crippen LogP contribution in [0.2, 0.25) is 0 Å². The topological polar surface area (TPSA) is 76.2 Å². The molecule has 0 saturated carbocycles. The van der Waals surface area contributed by atoms with Crippen molar-refractivity contribution in [2.45, 2.75) is 0 Å². The molecule has 1 fully saturated rings. The molecule has 3 aromatic heterocycles. The van der Waals surface area contributed by atoms with E-state index in [4.69, 9.17) is 9.47 Å². The predicted octanol–water partition coefficient (Wildman–Crippen LogP) is 2.42. The lowest BCUT2D eigenvalue weighted by atomic mass is 10.1. The summed E-state index contributed by atoms with van der Waals surface area (Å²) in [6.07, 6.45) is 5.24. The van der Waals surface area contributed by atoms with Gasteiger partial charge in [-0.2, -0.15) is 5.10 Å². The summed E-state index contributed by atoms with van der Waals surface area (Å²) in [5, 5.41) is 8.45. The van der Waals surface area contributed by atoms with Crippen LogP contribution in [-0.2, 0) is 4.74 Å². The number of hydrogen-bond acceptors (Lipinski definition) is 6. The van der Waals surface area contributed by atoms with Gasteiger partial charge in [0, 0.05) is 36.3 Å². The van der Waals surface area contributed by atoms with Gasteiger partial charge in [0.05, 0.1) is 24.9 Å². The molecule has 1 N–H and O–H groups in total. The molecule has 4 heterocycles. The molecule has 3 aromatic rings. The SMILES string of the molecule is C=CCOc1cc2c(-c3ccnc(N4CCOCC4)c3)n[nH]c2cn1. The summed E-state index contributed by atoms with van der Waals surface area (Å²) in [5.74, 6) is 1.49. The van der Waals surface area contributed by atoms with Crippen LogP contribution < -0.4 is 9.64 Å². The number of pyridine rings is 2. The number of H-pyrrole nitrogens is 1. The van der Waals surface area contributed by atoms with Crippen molar-refractivity contribution < 1.29 is 9.47 Å². The van der Waals surface area contributed by atoms with Gasteiger partial charge in [0.15, 0.2) is 0 Å². The molecule has 128 valence electrons. The smallest absolute Gasteiger partial charge is 0.214 e. The van der Waals surface area contributed by atoms with Crippen molar-refractivity contribution in [1.82, 2.24) is 20.2 Å². The van der Waals surface area contributed by atoms with Gasteiger partial charge in [-0.25, -0.2) is 9.97 Å². The second-order valence-electron chi connectivity index (χ2n) is 5.74. The van der Waals surface area contributed by atoms with E-state index in [1.54, 1.807) is 12.3 Å². The zero-order valence-electron chi connectivity index (χ0n) is 13.8. The number of nitrogens with zero attached hydrogens (tertiary/aromatic N) is 4. The lowest BCUT2D eigenvalue weighted by molar-refractivity contribution is 0.122. The number of anilines is 1. The number of nitrogens with one attached hydrogen (secondary N) is 1. The van der Waals surface area contributed by atoms with Crippen LogP contribution in [0.25, 0.3) is 22.2 Å². The lowest BCUT2D eigenvalue weighted by Crippen LogP contribution is -2.36. The fourth-order valence-electron chi connectivity index (χ4n) is 2.87. The Labute approximate surface area is 145 Å². The number of aromatic amines is 1. The van der Waals surface area contributed by atoms with Gasteiger partial charge in [-0.15, -0.1) is 0 Å². The first-order chi connectivity index (χ1) is 12.3. The molecule has 0 atom stereocenters. The Morgan fingerprint density at radius 3 is 3.00 bits per heavy atom. The summed E-state index contributed by atoms with van der Waals surface area (Å²) in [4.78, 5) is 11.0. The van der Waals surface area contributed by atoms with Gasteiger partial charge in [0.25, 0.3) is 0 Å². The molecular formula is C18H19N5O2. The third kappa shape index (κ3) is 3.18. The Morgan fingerprint density at radius 1 is 1.28 bits per heavy atom. The molecule has 0 amide bonds. The molecule has 0 spiro atoms. The van der Waals surface area contributed by atoms with Gasteiger partial charge in [-0.1, -0.05) is 12.7 Å². The van der Waals surface area contributed by atoms with Crippen molar-refractivity contribution in [1.29, 1.82) is 0 Å². The predicted molar refractivity (Wildman–Crippen MR) is 95.8 cm³/mol. The normalized spacial score (nSPS) is 14.6. The number of morpholine rings is 1. The fraction of sp³-hybridized carbons (Fsp3) is 0.278. The van der Waals surface area contributed by atoms with E-state index in [-0.39, 0.29) is 0 Å². The molecule has 4 rings (SSSR count). The van der Waals surface area contributed by atoms with E-state index in [1.807, 2.05) is 18.3 Å². The van der Waals surface area contributed by atoms with Crippen molar-refractivity contribution >= 4 is 16.7 Å². The summed E-state index contributed by atoms with van der Waals surface area (Å²) in [5.41, 5.74) is 2.73. The average Bonchev–Trinajstić information content (AvgIpc) is 3.10. The van der Waals surface area contributed by atoms with Crippen LogP contribution in [0.3, 0.4) is 0 Å². The second kappa shape index (κ2) is 6.90. The molecule has 0 aliphatic carbocycles. The molecular weight excluding hydrogens is 318 g/mol. The number of aromatic nitrogens is 4. The molecule has 7 heteroatoms. The van der Waals surface area contributed by atoms with E-state index in [0.29, 0.717) is 12.5 Å². The van der Waals surface area contributed by atoms with E-state index in [1.165, 1.54) is 0 Å². The third-order valence-electron chi connectivity index (χ3n) is 4.13. The maximum atomic E-state index is 5.54. The Morgan fingerprint density at radius 2 is 2.16 bits per heavy atom. The Balaban J connectivity index is 1.70. The highest BCUT2D eigenvalue weighted by Gasteiger charge is 2.15. The standard InChI is InChI=1S/C18H19N5O2/c1-2-7-25-17-11-14-15(12-20-17)21-22-18(14)13-3-4-19-16(10-13)23-5-8-24-9-6-23/h2-4,10-12H,1,5-9H2,(H,21,22). The molecule has 1 saturated heterocycles. The fourth-order valence-corrected chi connectivity index (χ4v) is 2.87. The van der Waals surface area contributed by atoms with Crippen LogP contribution >= 0.6 is 0 Å². The lowest BCUT2D eigenvalue weighted by Gasteiger charge is -2.27. The number of rotatable bonds is 5. The quantitative estimate of drug-likeness (QED) is 0.721. The summed E-state index contributed by atoms with van der Waals surface area (Å²) in [6.45, 7) is 7.23. The van der Waals surface area contributed by atoms with E-state index in [9.17, 15) is 0 Å². The minimum atomic E-state index is 0.419. The molecule has 1 aliphatic rings. The number of hydrogen-bond donors (Lipinski definition) is 1. The van der Waals surface area contributed by atoms with Crippen molar-refractivity contribution in [3.63, 3.8) is 0 Å². The summed E-state index contributed by atoms with van der Waals surface area (Å²) >= 11 is 0. The Hall–Kier alpha value is -2.93. The molecule has 1 aliphatic heterocycles. The van der Waals surface area contributed by atoms with Crippen LogP contribution in [-0.4, -0.2) is 53.1 Å².